The lowest BCUT2D eigenvalue weighted by atomic mass is 10.1. The van der Waals surface area contributed by atoms with Gasteiger partial charge in [0, 0.05) is 0 Å². The Labute approximate surface area is 59.7 Å². The molecule has 0 atom stereocenters. The molecule has 0 saturated carbocycles. The zero-order chi connectivity index (χ0) is 7.11. The fraction of sp³-hybridized carbons (Fsp3) is 0.714. The Bertz CT molecular complexity index is 81.0. The average molecular weight is 144 g/mol. The second kappa shape index (κ2) is 6.04. The largest absolute Gasteiger partial charge is 0.438 e. The molecule has 2 heteroatoms. The zero-order valence-corrected chi connectivity index (χ0v) is 7.60. The molecule has 0 rings (SSSR count). The monoisotopic (exact) mass is 144 g/mol. The minimum absolute atomic E-state index is 0.761. The van der Waals surface area contributed by atoms with E-state index >= 15 is 0 Å². The van der Waals surface area contributed by atoms with Gasteiger partial charge in [-0.1, -0.05) is 18.9 Å². The zero-order valence-electron chi connectivity index (χ0n) is 6.19. The molecule has 0 saturated heterocycles. The number of hydrogen-bond acceptors (Lipinski definition) is 1. The molecule has 0 aromatic rings. The van der Waals surface area contributed by atoms with Crippen molar-refractivity contribution in [1.29, 1.82) is 0 Å². The van der Waals surface area contributed by atoms with Gasteiger partial charge < -0.3 is 4.80 Å². The standard InChI is InChI=1S/C7H16OSi/c1-3-4-5-7(2)6-9-8/h8H,2-6,9H2,1H3. The van der Waals surface area contributed by atoms with Crippen LogP contribution in [-0.2, 0) is 0 Å². The normalized spacial score (nSPS) is 10.9. The van der Waals surface area contributed by atoms with Gasteiger partial charge in [0.25, 0.3) is 0 Å². The molecule has 0 spiro atoms. The third-order valence-corrected chi connectivity index (χ3v) is 2.28. The molecule has 0 fully saturated rings. The first kappa shape index (κ1) is 8.92. The molecule has 0 aromatic carbocycles. The number of unbranched alkanes of at least 4 members (excludes halogenated alkanes) is 1. The molecule has 0 radical (unpaired) electrons. The third-order valence-electron chi connectivity index (χ3n) is 1.35. The minimum atomic E-state index is -0.761. The van der Waals surface area contributed by atoms with E-state index in [9.17, 15) is 0 Å². The first-order valence-electron chi connectivity index (χ1n) is 3.58. The SMILES string of the molecule is C=C(CCCC)C[SiH2]O. The predicted molar refractivity (Wildman–Crippen MR) is 44.2 cm³/mol. The van der Waals surface area contributed by atoms with Crippen LogP contribution in [0.5, 0.6) is 0 Å². The van der Waals surface area contributed by atoms with Gasteiger partial charge in [-0.15, -0.1) is 6.58 Å². The summed E-state index contributed by atoms with van der Waals surface area (Å²) in [4.78, 5) is 8.61. The topological polar surface area (TPSA) is 20.2 Å². The maximum atomic E-state index is 8.61. The van der Waals surface area contributed by atoms with Crippen molar-refractivity contribution in [2.75, 3.05) is 0 Å². The van der Waals surface area contributed by atoms with E-state index in [0.717, 1.165) is 12.5 Å². The van der Waals surface area contributed by atoms with Crippen LogP contribution in [0, 0.1) is 0 Å². The quantitative estimate of drug-likeness (QED) is 0.454. The van der Waals surface area contributed by atoms with Gasteiger partial charge in [0.1, 0.15) is 0 Å². The lowest BCUT2D eigenvalue weighted by Crippen LogP contribution is -1.89. The van der Waals surface area contributed by atoms with Crippen LogP contribution in [0.3, 0.4) is 0 Å². The van der Waals surface area contributed by atoms with Gasteiger partial charge in [0.05, 0.1) is 0 Å². The van der Waals surface area contributed by atoms with Gasteiger partial charge in [0.2, 0.25) is 0 Å². The summed E-state index contributed by atoms with van der Waals surface area (Å²) in [7, 11) is -0.761. The molecule has 1 nitrogen and oxygen atoms in total. The summed E-state index contributed by atoms with van der Waals surface area (Å²) in [5.41, 5.74) is 1.24. The van der Waals surface area contributed by atoms with Crippen LogP contribution in [0.4, 0.5) is 0 Å². The highest BCUT2D eigenvalue weighted by Gasteiger charge is 1.91. The molecule has 9 heavy (non-hydrogen) atoms. The van der Waals surface area contributed by atoms with E-state index < -0.39 is 9.76 Å². The molecule has 0 aliphatic rings. The molecule has 0 heterocycles. The highest BCUT2D eigenvalue weighted by molar-refractivity contribution is 6.26. The van der Waals surface area contributed by atoms with E-state index in [4.69, 9.17) is 4.80 Å². The van der Waals surface area contributed by atoms with E-state index in [1.807, 2.05) is 0 Å². The second-order valence-corrected chi connectivity index (χ2v) is 3.27. The minimum Gasteiger partial charge on any atom is -0.438 e. The number of rotatable bonds is 5. The first-order valence-corrected chi connectivity index (χ1v) is 5.22. The molecular formula is C7H16OSi. The summed E-state index contributed by atoms with van der Waals surface area (Å²) < 4.78 is 0. The Kier molecular flexibility index (Phi) is 5.99. The lowest BCUT2D eigenvalue weighted by molar-refractivity contribution is 0.602. The molecular weight excluding hydrogens is 128 g/mol. The molecule has 0 aliphatic heterocycles. The molecule has 0 aromatic heterocycles. The fourth-order valence-electron chi connectivity index (χ4n) is 0.710. The van der Waals surface area contributed by atoms with Gasteiger partial charge in [-0.2, -0.15) is 0 Å². The van der Waals surface area contributed by atoms with Crippen molar-refractivity contribution in [2.24, 2.45) is 0 Å². The van der Waals surface area contributed by atoms with Crippen LogP contribution in [-0.4, -0.2) is 14.6 Å². The van der Waals surface area contributed by atoms with E-state index in [1.54, 1.807) is 0 Å². The summed E-state index contributed by atoms with van der Waals surface area (Å²) in [6, 6.07) is 0.917. The highest BCUT2D eigenvalue weighted by atomic mass is 28.2. The van der Waals surface area contributed by atoms with Crippen molar-refractivity contribution < 1.29 is 4.80 Å². The Morgan fingerprint density at radius 1 is 1.67 bits per heavy atom. The maximum Gasteiger partial charge on any atom is 0.160 e. The Balaban J connectivity index is 3.06. The predicted octanol–water partition coefficient (Wildman–Crippen LogP) is 1.23. The van der Waals surface area contributed by atoms with Crippen LogP contribution in [0.15, 0.2) is 12.2 Å². The van der Waals surface area contributed by atoms with Crippen molar-refractivity contribution >= 4 is 9.76 Å². The lowest BCUT2D eigenvalue weighted by Gasteiger charge is -1.99. The Morgan fingerprint density at radius 3 is 2.78 bits per heavy atom. The van der Waals surface area contributed by atoms with E-state index in [2.05, 4.69) is 13.5 Å². The average Bonchev–Trinajstić information content (AvgIpc) is 1.85. The molecule has 0 unspecified atom stereocenters. The van der Waals surface area contributed by atoms with Crippen molar-refractivity contribution in [3.05, 3.63) is 12.2 Å². The van der Waals surface area contributed by atoms with Crippen molar-refractivity contribution in [3.8, 4) is 0 Å². The molecule has 0 aliphatic carbocycles. The fourth-order valence-corrected chi connectivity index (χ4v) is 1.28. The Hall–Kier alpha value is -0.0831. The van der Waals surface area contributed by atoms with Crippen LogP contribution in [0.2, 0.25) is 6.04 Å². The summed E-state index contributed by atoms with van der Waals surface area (Å²) >= 11 is 0. The van der Waals surface area contributed by atoms with Crippen molar-refractivity contribution in [1.82, 2.24) is 0 Å². The van der Waals surface area contributed by atoms with Gasteiger partial charge in [-0.05, 0) is 18.9 Å². The molecule has 1 N–H and O–H groups in total. The van der Waals surface area contributed by atoms with Gasteiger partial charge in [0.15, 0.2) is 9.76 Å². The van der Waals surface area contributed by atoms with Gasteiger partial charge in [-0.3, -0.25) is 0 Å². The van der Waals surface area contributed by atoms with E-state index in [-0.39, 0.29) is 0 Å². The van der Waals surface area contributed by atoms with E-state index in [1.165, 1.54) is 18.4 Å². The van der Waals surface area contributed by atoms with Crippen LogP contribution in [0.25, 0.3) is 0 Å². The first-order chi connectivity index (χ1) is 4.31. The van der Waals surface area contributed by atoms with Gasteiger partial charge >= 0.3 is 0 Å². The molecule has 54 valence electrons. The van der Waals surface area contributed by atoms with Gasteiger partial charge in [-0.25, -0.2) is 0 Å². The smallest absolute Gasteiger partial charge is 0.160 e. The maximum absolute atomic E-state index is 8.61. The van der Waals surface area contributed by atoms with Crippen LogP contribution >= 0.6 is 0 Å². The summed E-state index contributed by atoms with van der Waals surface area (Å²) in [6.07, 6.45) is 3.57. The van der Waals surface area contributed by atoms with Crippen molar-refractivity contribution in [3.63, 3.8) is 0 Å². The third kappa shape index (κ3) is 5.79. The number of allylic oxidation sites excluding steroid dienone is 1. The molecule has 0 amide bonds. The summed E-state index contributed by atoms with van der Waals surface area (Å²) in [5.74, 6) is 0. The van der Waals surface area contributed by atoms with Crippen molar-refractivity contribution in [2.45, 2.75) is 32.2 Å². The van der Waals surface area contributed by atoms with Crippen LogP contribution in [0.1, 0.15) is 26.2 Å². The summed E-state index contributed by atoms with van der Waals surface area (Å²) in [6.45, 7) is 6.03. The number of hydrogen-bond donors (Lipinski definition) is 1. The highest BCUT2D eigenvalue weighted by Crippen LogP contribution is 2.07. The summed E-state index contributed by atoms with van der Waals surface area (Å²) in [5, 5.41) is 0. The second-order valence-electron chi connectivity index (χ2n) is 2.33. The van der Waals surface area contributed by atoms with E-state index in [0.29, 0.717) is 0 Å². The van der Waals surface area contributed by atoms with Crippen LogP contribution < -0.4 is 0 Å². The molecule has 0 bridgehead atoms. The Morgan fingerprint density at radius 2 is 2.33 bits per heavy atom.